The van der Waals surface area contributed by atoms with Crippen molar-refractivity contribution < 1.29 is 15.0 Å². The lowest BCUT2D eigenvalue weighted by molar-refractivity contribution is -0.121. The highest BCUT2D eigenvalue weighted by Gasteiger charge is 2.46. The fourth-order valence-electron chi connectivity index (χ4n) is 2.14. The summed E-state index contributed by atoms with van der Waals surface area (Å²) in [6.07, 6.45) is 4.33. The molecule has 0 radical (unpaired) electrons. The van der Waals surface area contributed by atoms with Gasteiger partial charge in [0, 0.05) is 11.8 Å². The topological polar surface area (TPSA) is 57.5 Å². The maximum Gasteiger partial charge on any atom is 0.156 e. The highest BCUT2D eigenvalue weighted by atomic mass is 16.3. The van der Waals surface area contributed by atoms with E-state index in [1.54, 1.807) is 26.0 Å². The first-order chi connectivity index (χ1) is 7.19. The minimum Gasteiger partial charge on any atom is -0.389 e. The van der Waals surface area contributed by atoms with Gasteiger partial charge in [-0.2, -0.15) is 0 Å². The highest BCUT2D eigenvalue weighted by molar-refractivity contribution is 5.92. The SMILES string of the molecule is CC1=CC(=O)CC(C)(C)[C@@]1(O)/C=C/C(C)O. The van der Waals surface area contributed by atoms with Gasteiger partial charge in [-0.1, -0.05) is 19.9 Å². The summed E-state index contributed by atoms with van der Waals surface area (Å²) in [6.45, 7) is 7.08. The number of carbonyl (C=O) groups excluding carboxylic acids is 1. The molecule has 0 fully saturated rings. The first-order valence-corrected chi connectivity index (χ1v) is 5.50. The van der Waals surface area contributed by atoms with E-state index in [-0.39, 0.29) is 5.78 Å². The Hall–Kier alpha value is -0.930. The standard InChI is InChI=1S/C13H20O3/c1-9-7-11(15)8-12(3,4)13(9,16)6-5-10(2)14/h5-7,10,14,16H,8H2,1-4H3/b6-5+/t10?,13-/m1/s1. The Bertz CT molecular complexity index is 350. The lowest BCUT2D eigenvalue weighted by atomic mass is 9.64. The molecule has 0 bridgehead atoms. The summed E-state index contributed by atoms with van der Waals surface area (Å²) in [6, 6.07) is 0. The second-order valence-corrected chi connectivity index (χ2v) is 5.22. The Kier molecular flexibility index (Phi) is 3.41. The fraction of sp³-hybridized carbons (Fsp3) is 0.615. The van der Waals surface area contributed by atoms with Crippen molar-refractivity contribution in [2.75, 3.05) is 0 Å². The molecular formula is C13H20O3. The van der Waals surface area contributed by atoms with Crippen molar-refractivity contribution in [3.8, 4) is 0 Å². The minimum absolute atomic E-state index is 0.0395. The molecule has 2 N–H and O–H groups in total. The number of hydrogen-bond donors (Lipinski definition) is 2. The molecule has 0 heterocycles. The second-order valence-electron chi connectivity index (χ2n) is 5.22. The van der Waals surface area contributed by atoms with Gasteiger partial charge >= 0.3 is 0 Å². The summed E-state index contributed by atoms with van der Waals surface area (Å²) in [7, 11) is 0. The van der Waals surface area contributed by atoms with Crippen molar-refractivity contribution >= 4 is 5.78 Å². The third-order valence-corrected chi connectivity index (χ3v) is 3.24. The van der Waals surface area contributed by atoms with Crippen LogP contribution >= 0.6 is 0 Å². The van der Waals surface area contributed by atoms with Gasteiger partial charge in [-0.05, 0) is 31.6 Å². The monoisotopic (exact) mass is 224 g/mol. The van der Waals surface area contributed by atoms with Crippen LogP contribution < -0.4 is 0 Å². The molecule has 0 amide bonds. The van der Waals surface area contributed by atoms with Crippen LogP contribution in [0.3, 0.4) is 0 Å². The molecule has 1 aliphatic carbocycles. The van der Waals surface area contributed by atoms with E-state index in [9.17, 15) is 15.0 Å². The van der Waals surface area contributed by atoms with Crippen LogP contribution in [0, 0.1) is 5.41 Å². The van der Waals surface area contributed by atoms with Gasteiger partial charge in [-0.25, -0.2) is 0 Å². The molecule has 0 saturated heterocycles. The lowest BCUT2D eigenvalue weighted by Gasteiger charge is -2.44. The lowest BCUT2D eigenvalue weighted by Crippen LogP contribution is -2.48. The van der Waals surface area contributed by atoms with Crippen molar-refractivity contribution in [2.45, 2.75) is 45.8 Å². The van der Waals surface area contributed by atoms with Crippen molar-refractivity contribution in [1.82, 2.24) is 0 Å². The van der Waals surface area contributed by atoms with Crippen LogP contribution in [0.15, 0.2) is 23.8 Å². The number of ketones is 1. The van der Waals surface area contributed by atoms with E-state index >= 15 is 0 Å². The van der Waals surface area contributed by atoms with Crippen LogP contribution in [0.1, 0.15) is 34.1 Å². The Morgan fingerprint density at radius 1 is 1.50 bits per heavy atom. The molecule has 1 unspecified atom stereocenters. The number of carbonyl (C=O) groups is 1. The summed E-state index contributed by atoms with van der Waals surface area (Å²) >= 11 is 0. The van der Waals surface area contributed by atoms with Crippen molar-refractivity contribution in [2.24, 2.45) is 5.41 Å². The summed E-state index contributed by atoms with van der Waals surface area (Å²) < 4.78 is 0. The van der Waals surface area contributed by atoms with Crippen LogP contribution in [0.4, 0.5) is 0 Å². The summed E-state index contributed by atoms with van der Waals surface area (Å²) in [5.74, 6) is 0.0395. The molecule has 0 aliphatic heterocycles. The molecule has 0 aromatic carbocycles. The van der Waals surface area contributed by atoms with Gasteiger partial charge in [-0.15, -0.1) is 0 Å². The molecule has 1 rings (SSSR count). The molecular weight excluding hydrogens is 204 g/mol. The van der Waals surface area contributed by atoms with Crippen LogP contribution in [-0.4, -0.2) is 27.7 Å². The predicted octanol–water partition coefficient (Wildman–Crippen LogP) is 1.60. The average molecular weight is 224 g/mol. The zero-order valence-electron chi connectivity index (χ0n) is 10.3. The van der Waals surface area contributed by atoms with E-state index in [2.05, 4.69) is 0 Å². The Morgan fingerprint density at radius 3 is 2.50 bits per heavy atom. The van der Waals surface area contributed by atoms with E-state index in [4.69, 9.17) is 0 Å². The number of hydrogen-bond acceptors (Lipinski definition) is 3. The summed E-state index contributed by atoms with van der Waals surface area (Å²) in [5, 5.41) is 19.8. The van der Waals surface area contributed by atoms with E-state index in [1.165, 1.54) is 6.08 Å². The molecule has 0 aromatic heterocycles. The molecule has 0 aromatic rings. The molecule has 1 aliphatic rings. The van der Waals surface area contributed by atoms with Crippen molar-refractivity contribution in [1.29, 1.82) is 0 Å². The fourth-order valence-corrected chi connectivity index (χ4v) is 2.14. The first-order valence-electron chi connectivity index (χ1n) is 5.50. The molecule has 0 spiro atoms. The van der Waals surface area contributed by atoms with Gasteiger partial charge in [0.1, 0.15) is 5.60 Å². The molecule has 16 heavy (non-hydrogen) atoms. The molecule has 2 atom stereocenters. The van der Waals surface area contributed by atoms with Crippen LogP contribution in [0.2, 0.25) is 0 Å². The molecule has 0 saturated carbocycles. The van der Waals surface area contributed by atoms with E-state index in [0.717, 1.165) is 0 Å². The van der Waals surface area contributed by atoms with Crippen molar-refractivity contribution in [3.63, 3.8) is 0 Å². The molecule has 3 heteroatoms. The van der Waals surface area contributed by atoms with Gasteiger partial charge in [0.25, 0.3) is 0 Å². The smallest absolute Gasteiger partial charge is 0.156 e. The van der Waals surface area contributed by atoms with Gasteiger partial charge in [0.2, 0.25) is 0 Å². The zero-order valence-corrected chi connectivity index (χ0v) is 10.3. The molecule has 90 valence electrons. The normalized spacial score (nSPS) is 31.6. The van der Waals surface area contributed by atoms with E-state index in [0.29, 0.717) is 12.0 Å². The van der Waals surface area contributed by atoms with Gasteiger partial charge in [-0.3, -0.25) is 4.79 Å². The second kappa shape index (κ2) is 4.15. The number of aliphatic hydroxyl groups is 2. The largest absolute Gasteiger partial charge is 0.389 e. The third-order valence-electron chi connectivity index (χ3n) is 3.24. The quantitative estimate of drug-likeness (QED) is 0.700. The minimum atomic E-state index is -1.15. The summed E-state index contributed by atoms with van der Waals surface area (Å²) in [4.78, 5) is 11.5. The maximum atomic E-state index is 11.5. The Morgan fingerprint density at radius 2 is 2.06 bits per heavy atom. The van der Waals surface area contributed by atoms with Gasteiger partial charge in [0.05, 0.1) is 6.10 Å². The zero-order chi connectivity index (χ0) is 12.6. The summed E-state index contributed by atoms with van der Waals surface area (Å²) in [5.41, 5.74) is -1.07. The highest BCUT2D eigenvalue weighted by Crippen LogP contribution is 2.44. The van der Waals surface area contributed by atoms with Gasteiger partial charge in [0.15, 0.2) is 5.78 Å². The predicted molar refractivity (Wildman–Crippen MR) is 62.9 cm³/mol. The molecule has 3 nitrogen and oxygen atoms in total. The van der Waals surface area contributed by atoms with Crippen molar-refractivity contribution in [3.05, 3.63) is 23.8 Å². The third kappa shape index (κ3) is 2.25. The number of rotatable bonds is 2. The maximum absolute atomic E-state index is 11.5. The number of aliphatic hydroxyl groups excluding tert-OH is 1. The van der Waals surface area contributed by atoms with Crippen LogP contribution in [0.25, 0.3) is 0 Å². The van der Waals surface area contributed by atoms with E-state index < -0.39 is 17.1 Å². The van der Waals surface area contributed by atoms with Gasteiger partial charge < -0.3 is 10.2 Å². The number of allylic oxidation sites excluding steroid dienone is 1. The van der Waals surface area contributed by atoms with Crippen LogP contribution in [-0.2, 0) is 4.79 Å². The Labute approximate surface area is 96.5 Å². The first kappa shape index (κ1) is 13.1. The Balaban J connectivity index is 3.16. The van der Waals surface area contributed by atoms with E-state index in [1.807, 2.05) is 13.8 Å². The van der Waals surface area contributed by atoms with Crippen LogP contribution in [0.5, 0.6) is 0 Å². The average Bonchev–Trinajstić information content (AvgIpc) is 2.10.